The molecule has 1 aromatic carbocycles. The number of aromatic nitrogens is 1. The van der Waals surface area contributed by atoms with Gasteiger partial charge in [-0.25, -0.2) is 8.42 Å². The smallest absolute Gasteiger partial charge is 0.306 e. The molecule has 2 N–H and O–H groups in total. The summed E-state index contributed by atoms with van der Waals surface area (Å²) in [5, 5.41) is 0.564. The molecule has 0 spiro atoms. The van der Waals surface area contributed by atoms with Gasteiger partial charge in [-0.2, -0.15) is 0 Å². The minimum Gasteiger partial charge on any atom is -0.315 e. The van der Waals surface area contributed by atoms with Gasteiger partial charge in [0, 0.05) is 10.7 Å². The molecule has 0 radical (unpaired) electrons. The summed E-state index contributed by atoms with van der Waals surface area (Å²) in [6.45, 7) is 1.51. The molecule has 0 atom stereocenters. The Morgan fingerprint density at radius 3 is 2.58 bits per heavy atom. The minimum atomic E-state index is -3.87. The second-order valence-corrected chi connectivity index (χ2v) is 7.36. The van der Waals surface area contributed by atoms with Gasteiger partial charge in [0.15, 0.2) is 4.21 Å². The van der Waals surface area contributed by atoms with Crippen molar-refractivity contribution in [1.82, 2.24) is 4.98 Å². The van der Waals surface area contributed by atoms with Gasteiger partial charge in [-0.15, -0.1) is 0 Å². The van der Waals surface area contributed by atoms with Crippen molar-refractivity contribution in [3.8, 4) is 0 Å². The van der Waals surface area contributed by atoms with Gasteiger partial charge in [-0.05, 0) is 25.1 Å². The van der Waals surface area contributed by atoms with Crippen LogP contribution in [0, 0.1) is 6.92 Å². The van der Waals surface area contributed by atoms with E-state index in [4.69, 9.17) is 23.2 Å². The van der Waals surface area contributed by atoms with E-state index in [1.807, 2.05) is 0 Å². The Balaban J connectivity index is 2.45. The first-order valence-electron chi connectivity index (χ1n) is 4.97. The first kappa shape index (κ1) is 14.4. The predicted octanol–water partition coefficient (Wildman–Crippen LogP) is 2.85. The monoisotopic (exact) mass is 338 g/mol. The molecule has 1 aromatic heterocycles. The summed E-state index contributed by atoms with van der Waals surface area (Å²) in [7, 11) is -3.87. The maximum absolute atomic E-state index is 12.1. The lowest BCUT2D eigenvalue weighted by atomic mass is 10.3. The largest absolute Gasteiger partial charge is 0.315 e. The van der Waals surface area contributed by atoms with E-state index in [9.17, 15) is 13.2 Å². The van der Waals surface area contributed by atoms with Crippen LogP contribution in [-0.2, 0) is 10.0 Å². The molecule has 0 aliphatic carbocycles. The number of aromatic amines is 1. The van der Waals surface area contributed by atoms with Crippen molar-refractivity contribution in [1.29, 1.82) is 0 Å². The van der Waals surface area contributed by atoms with Crippen LogP contribution in [0.4, 0.5) is 5.69 Å². The van der Waals surface area contributed by atoms with Crippen LogP contribution in [0.25, 0.3) is 0 Å². The molecule has 0 unspecified atom stereocenters. The molecule has 2 aromatic rings. The highest BCUT2D eigenvalue weighted by Crippen LogP contribution is 2.28. The quantitative estimate of drug-likeness (QED) is 0.902. The average Bonchev–Trinajstić information content (AvgIpc) is 2.63. The number of nitrogens with one attached hydrogen (secondary N) is 2. The number of anilines is 1. The van der Waals surface area contributed by atoms with E-state index in [-0.39, 0.29) is 20.6 Å². The number of sulfonamides is 1. The Morgan fingerprint density at radius 2 is 2.00 bits per heavy atom. The van der Waals surface area contributed by atoms with Crippen LogP contribution in [0.1, 0.15) is 5.69 Å². The molecule has 5 nitrogen and oxygen atoms in total. The highest BCUT2D eigenvalue weighted by Gasteiger charge is 2.21. The zero-order valence-electron chi connectivity index (χ0n) is 9.53. The van der Waals surface area contributed by atoms with Crippen molar-refractivity contribution < 1.29 is 8.42 Å². The van der Waals surface area contributed by atoms with E-state index >= 15 is 0 Å². The van der Waals surface area contributed by atoms with Crippen LogP contribution in [0.5, 0.6) is 0 Å². The third-order valence-electron chi connectivity index (χ3n) is 2.20. The van der Waals surface area contributed by atoms with Crippen LogP contribution >= 0.6 is 34.5 Å². The van der Waals surface area contributed by atoms with Gasteiger partial charge in [-0.3, -0.25) is 9.52 Å². The number of hydrogen-bond acceptors (Lipinski definition) is 4. The maximum Gasteiger partial charge on any atom is 0.306 e. The molecular weight excluding hydrogens is 331 g/mol. The molecule has 0 aliphatic rings. The van der Waals surface area contributed by atoms with Crippen molar-refractivity contribution in [3.05, 3.63) is 43.6 Å². The summed E-state index contributed by atoms with van der Waals surface area (Å²) in [5.41, 5.74) is 0.440. The molecule has 19 heavy (non-hydrogen) atoms. The fourth-order valence-electron chi connectivity index (χ4n) is 1.41. The van der Waals surface area contributed by atoms with Crippen molar-refractivity contribution in [2.24, 2.45) is 0 Å². The summed E-state index contributed by atoms with van der Waals surface area (Å²) < 4.78 is 26.5. The lowest BCUT2D eigenvalue weighted by Crippen LogP contribution is -2.13. The van der Waals surface area contributed by atoms with Crippen molar-refractivity contribution in [2.75, 3.05) is 4.72 Å². The van der Waals surface area contributed by atoms with Gasteiger partial charge in [0.05, 0.1) is 10.7 Å². The third kappa shape index (κ3) is 3.11. The van der Waals surface area contributed by atoms with E-state index in [1.54, 1.807) is 6.07 Å². The summed E-state index contributed by atoms with van der Waals surface area (Å²) in [4.78, 5) is 13.1. The molecule has 2 rings (SSSR count). The van der Waals surface area contributed by atoms with Crippen LogP contribution in [0.15, 0.2) is 27.2 Å². The van der Waals surface area contributed by atoms with Crippen molar-refractivity contribution in [2.45, 2.75) is 11.1 Å². The first-order valence-corrected chi connectivity index (χ1v) is 8.03. The second-order valence-electron chi connectivity index (χ2n) is 3.66. The molecule has 0 fully saturated rings. The van der Waals surface area contributed by atoms with E-state index < -0.39 is 14.9 Å². The molecular formula is C10H8Cl2N2O3S2. The maximum atomic E-state index is 12.1. The Morgan fingerprint density at radius 1 is 1.32 bits per heavy atom. The van der Waals surface area contributed by atoms with Crippen molar-refractivity contribution >= 4 is 50.2 Å². The molecule has 9 heteroatoms. The molecule has 0 bridgehead atoms. The van der Waals surface area contributed by atoms with Crippen LogP contribution in [0.2, 0.25) is 10.0 Å². The van der Waals surface area contributed by atoms with Crippen molar-refractivity contribution in [3.63, 3.8) is 0 Å². The molecule has 0 saturated heterocycles. The normalized spacial score (nSPS) is 11.5. The van der Waals surface area contributed by atoms with Gasteiger partial charge < -0.3 is 4.98 Å². The summed E-state index contributed by atoms with van der Waals surface area (Å²) >= 11 is 12.3. The second kappa shape index (κ2) is 5.16. The molecule has 0 saturated carbocycles. The fourth-order valence-corrected chi connectivity index (χ4v) is 4.18. The Bertz CT molecular complexity index is 780. The molecule has 102 valence electrons. The number of halogens is 2. The minimum absolute atomic E-state index is 0.0754. The third-order valence-corrected chi connectivity index (χ3v) is 5.73. The number of thiazole rings is 1. The fraction of sp³-hybridized carbons (Fsp3) is 0.100. The van der Waals surface area contributed by atoms with Gasteiger partial charge in [0.2, 0.25) is 0 Å². The van der Waals surface area contributed by atoms with Crippen LogP contribution < -0.4 is 9.60 Å². The predicted molar refractivity (Wildman–Crippen MR) is 76.9 cm³/mol. The number of rotatable bonds is 3. The molecule has 0 amide bonds. The van der Waals surface area contributed by atoms with Gasteiger partial charge in [0.25, 0.3) is 10.0 Å². The summed E-state index contributed by atoms with van der Waals surface area (Å²) in [5.74, 6) is 0. The number of hydrogen-bond donors (Lipinski definition) is 2. The van der Waals surface area contributed by atoms with E-state index in [2.05, 4.69) is 9.71 Å². The highest BCUT2D eigenvalue weighted by atomic mass is 35.5. The van der Waals surface area contributed by atoms with E-state index in [0.29, 0.717) is 16.4 Å². The zero-order valence-corrected chi connectivity index (χ0v) is 12.7. The average molecular weight is 339 g/mol. The summed E-state index contributed by atoms with van der Waals surface area (Å²) in [6.07, 6.45) is 0. The molecule has 0 aliphatic heterocycles. The summed E-state index contributed by atoms with van der Waals surface area (Å²) in [6, 6.07) is 4.42. The van der Waals surface area contributed by atoms with E-state index in [1.165, 1.54) is 19.1 Å². The topological polar surface area (TPSA) is 79.0 Å². The van der Waals surface area contributed by atoms with Gasteiger partial charge >= 0.3 is 4.87 Å². The van der Waals surface area contributed by atoms with Crippen LogP contribution in [-0.4, -0.2) is 13.4 Å². The Kier molecular flexibility index (Phi) is 3.91. The van der Waals surface area contributed by atoms with E-state index in [0.717, 1.165) is 0 Å². The number of H-pyrrole nitrogens is 1. The highest BCUT2D eigenvalue weighted by molar-refractivity contribution is 7.94. The Labute approximate surface area is 123 Å². The number of benzene rings is 1. The SMILES string of the molecule is Cc1[nH]c(=O)sc1S(=O)(=O)Nc1cc(Cl)ccc1Cl. The first-order chi connectivity index (χ1) is 8.79. The van der Waals surface area contributed by atoms with Crippen LogP contribution in [0.3, 0.4) is 0 Å². The number of aryl methyl sites for hydroxylation is 1. The lowest BCUT2D eigenvalue weighted by Gasteiger charge is -2.08. The Hall–Kier alpha value is -1.02. The zero-order chi connectivity index (χ0) is 14.2. The standard InChI is InChI=1S/C10H8Cl2N2O3S2/c1-5-9(18-10(15)13-5)19(16,17)14-8-4-6(11)2-3-7(8)12/h2-4,14H,1H3,(H,13,15). The van der Waals surface area contributed by atoms with Gasteiger partial charge in [-0.1, -0.05) is 34.5 Å². The lowest BCUT2D eigenvalue weighted by molar-refractivity contribution is 0.602. The van der Waals surface area contributed by atoms with Gasteiger partial charge in [0.1, 0.15) is 0 Å². The molecule has 1 heterocycles.